The summed E-state index contributed by atoms with van der Waals surface area (Å²) in [5, 5.41) is 8.22. The molecule has 16 heavy (non-hydrogen) atoms. The van der Waals surface area contributed by atoms with E-state index >= 15 is 0 Å². The van der Waals surface area contributed by atoms with Crippen LogP contribution in [0.1, 0.15) is 11.5 Å². The first kappa shape index (κ1) is 11.0. The van der Waals surface area contributed by atoms with E-state index in [2.05, 4.69) is 10.2 Å². The number of nitrogens with zero attached hydrogens (tertiary/aromatic N) is 2. The number of nitrogens with two attached hydrogens (primary N) is 1. The highest BCUT2D eigenvalue weighted by atomic mass is 35.5. The van der Waals surface area contributed by atoms with E-state index in [1.165, 1.54) is 0 Å². The molecule has 2 N–H and O–H groups in total. The molecule has 0 unspecified atom stereocenters. The average molecular weight is 256 g/mol. The first-order valence-corrected chi connectivity index (χ1v) is 5.13. The van der Waals surface area contributed by atoms with Crippen LogP contribution < -0.4 is 5.73 Å². The Hall–Kier alpha value is -1.52. The van der Waals surface area contributed by atoms with E-state index in [1.54, 1.807) is 24.3 Å². The number of hydrogen-bond acceptors (Lipinski definition) is 4. The van der Waals surface area contributed by atoms with Gasteiger partial charge in [0.25, 0.3) is 0 Å². The lowest BCUT2D eigenvalue weighted by atomic mass is 10.2. The summed E-state index contributed by atoms with van der Waals surface area (Å²) in [5.74, 6) is 0.337. The van der Waals surface area contributed by atoms with Crippen LogP contribution in [0.4, 0.5) is 6.01 Å². The third kappa shape index (κ3) is 2.53. The number of rotatable bonds is 2. The van der Waals surface area contributed by atoms with Gasteiger partial charge in [0.1, 0.15) is 0 Å². The van der Waals surface area contributed by atoms with Gasteiger partial charge in [0.2, 0.25) is 5.89 Å². The molecule has 4 nitrogen and oxygen atoms in total. The van der Waals surface area contributed by atoms with Gasteiger partial charge in [0, 0.05) is 6.08 Å². The van der Waals surface area contributed by atoms with Crippen LogP contribution in [0.5, 0.6) is 0 Å². The number of hydrogen-bond donors (Lipinski definition) is 1. The first-order valence-electron chi connectivity index (χ1n) is 4.37. The topological polar surface area (TPSA) is 64.9 Å². The van der Waals surface area contributed by atoms with E-state index in [1.807, 2.05) is 6.07 Å². The second-order valence-electron chi connectivity index (χ2n) is 2.99. The Morgan fingerprint density at radius 2 is 1.94 bits per heavy atom. The van der Waals surface area contributed by atoms with Crippen LogP contribution in [0.3, 0.4) is 0 Å². The minimum atomic E-state index is 0.0359. The van der Waals surface area contributed by atoms with Crippen molar-refractivity contribution in [3.63, 3.8) is 0 Å². The van der Waals surface area contributed by atoms with Gasteiger partial charge < -0.3 is 10.2 Å². The molecule has 0 atom stereocenters. The Labute approximate surface area is 102 Å². The molecule has 6 heteroatoms. The second kappa shape index (κ2) is 4.55. The Balaban J connectivity index is 2.20. The quantitative estimate of drug-likeness (QED) is 0.896. The van der Waals surface area contributed by atoms with E-state index in [9.17, 15) is 0 Å². The molecular formula is C10H7Cl2N3O. The largest absolute Gasteiger partial charge is 0.404 e. The first-order chi connectivity index (χ1) is 7.65. The fourth-order valence-electron chi connectivity index (χ4n) is 1.10. The fraction of sp³-hybridized carbons (Fsp3) is 0. The van der Waals surface area contributed by atoms with Crippen molar-refractivity contribution < 1.29 is 4.42 Å². The highest BCUT2D eigenvalue weighted by molar-refractivity contribution is 6.42. The van der Waals surface area contributed by atoms with Gasteiger partial charge in [-0.3, -0.25) is 0 Å². The number of halogens is 2. The van der Waals surface area contributed by atoms with Crippen molar-refractivity contribution >= 4 is 41.4 Å². The van der Waals surface area contributed by atoms with E-state index < -0.39 is 0 Å². The minimum absolute atomic E-state index is 0.0359. The van der Waals surface area contributed by atoms with Crippen LogP contribution in [0.15, 0.2) is 22.6 Å². The molecule has 0 saturated carbocycles. The molecule has 0 saturated heterocycles. The smallest absolute Gasteiger partial charge is 0.313 e. The zero-order valence-electron chi connectivity index (χ0n) is 8.02. The summed E-state index contributed by atoms with van der Waals surface area (Å²) in [6.07, 6.45) is 3.41. The highest BCUT2D eigenvalue weighted by Gasteiger charge is 1.99. The monoisotopic (exact) mass is 255 g/mol. The minimum Gasteiger partial charge on any atom is -0.404 e. The maximum Gasteiger partial charge on any atom is 0.313 e. The van der Waals surface area contributed by atoms with Crippen molar-refractivity contribution in [2.75, 3.05) is 5.73 Å². The second-order valence-corrected chi connectivity index (χ2v) is 3.80. The zero-order valence-corrected chi connectivity index (χ0v) is 9.53. The summed E-state index contributed by atoms with van der Waals surface area (Å²) in [4.78, 5) is 0. The van der Waals surface area contributed by atoms with Gasteiger partial charge in [-0.05, 0) is 23.8 Å². The molecule has 1 aromatic carbocycles. The predicted molar refractivity (Wildman–Crippen MR) is 64.1 cm³/mol. The summed E-state index contributed by atoms with van der Waals surface area (Å²) < 4.78 is 4.97. The van der Waals surface area contributed by atoms with Crippen molar-refractivity contribution in [3.05, 3.63) is 39.7 Å². The van der Waals surface area contributed by atoms with Crippen LogP contribution in [-0.4, -0.2) is 10.2 Å². The maximum absolute atomic E-state index is 5.86. The normalized spacial score (nSPS) is 11.1. The van der Waals surface area contributed by atoms with E-state index in [0.717, 1.165) is 5.56 Å². The molecule has 0 bridgehead atoms. The average Bonchev–Trinajstić information content (AvgIpc) is 2.66. The molecule has 0 aliphatic carbocycles. The van der Waals surface area contributed by atoms with E-state index in [-0.39, 0.29) is 6.01 Å². The molecule has 0 radical (unpaired) electrons. The molecule has 0 aliphatic rings. The van der Waals surface area contributed by atoms with Crippen LogP contribution in [0.2, 0.25) is 10.0 Å². The van der Waals surface area contributed by atoms with Gasteiger partial charge in [-0.25, -0.2) is 0 Å². The molecule has 2 aromatic rings. The Kier molecular flexibility index (Phi) is 3.12. The van der Waals surface area contributed by atoms with Crippen LogP contribution in [0.25, 0.3) is 12.2 Å². The SMILES string of the molecule is Nc1nnc(/C=C/c2ccc(Cl)c(Cl)c2)o1. The van der Waals surface area contributed by atoms with E-state index in [4.69, 9.17) is 33.4 Å². The summed E-state index contributed by atoms with van der Waals surface area (Å²) in [6.45, 7) is 0. The number of nitrogen functional groups attached to an aromatic ring is 1. The molecule has 0 fully saturated rings. The molecule has 0 spiro atoms. The number of anilines is 1. The molecule has 0 amide bonds. The lowest BCUT2D eigenvalue weighted by Gasteiger charge is -1.96. The fourth-order valence-corrected chi connectivity index (χ4v) is 1.40. The summed E-state index contributed by atoms with van der Waals surface area (Å²) in [6, 6.07) is 5.31. The third-order valence-corrected chi connectivity index (χ3v) is 2.56. The van der Waals surface area contributed by atoms with Gasteiger partial charge in [0.15, 0.2) is 0 Å². The van der Waals surface area contributed by atoms with Gasteiger partial charge >= 0.3 is 6.01 Å². The number of benzene rings is 1. The van der Waals surface area contributed by atoms with Crippen molar-refractivity contribution in [2.45, 2.75) is 0 Å². The van der Waals surface area contributed by atoms with Gasteiger partial charge in [0.05, 0.1) is 10.0 Å². The lowest BCUT2D eigenvalue weighted by molar-refractivity contribution is 0.563. The van der Waals surface area contributed by atoms with Crippen molar-refractivity contribution in [3.8, 4) is 0 Å². The Morgan fingerprint density at radius 3 is 2.56 bits per heavy atom. The highest BCUT2D eigenvalue weighted by Crippen LogP contribution is 2.23. The Bertz CT molecular complexity index is 537. The number of aromatic nitrogens is 2. The summed E-state index contributed by atoms with van der Waals surface area (Å²) in [5.41, 5.74) is 6.16. The van der Waals surface area contributed by atoms with E-state index in [0.29, 0.717) is 15.9 Å². The third-order valence-electron chi connectivity index (χ3n) is 1.82. The van der Waals surface area contributed by atoms with Crippen molar-refractivity contribution in [2.24, 2.45) is 0 Å². The molecular weight excluding hydrogens is 249 g/mol. The van der Waals surface area contributed by atoms with Gasteiger partial charge in [-0.1, -0.05) is 34.4 Å². The predicted octanol–water partition coefficient (Wildman–Crippen LogP) is 3.13. The zero-order chi connectivity index (χ0) is 11.5. The molecule has 0 aliphatic heterocycles. The summed E-state index contributed by atoms with van der Waals surface area (Å²) >= 11 is 11.7. The van der Waals surface area contributed by atoms with Crippen LogP contribution in [0, 0.1) is 0 Å². The van der Waals surface area contributed by atoms with Crippen molar-refractivity contribution in [1.29, 1.82) is 0 Å². The van der Waals surface area contributed by atoms with Crippen molar-refractivity contribution in [1.82, 2.24) is 10.2 Å². The maximum atomic E-state index is 5.86. The summed E-state index contributed by atoms with van der Waals surface area (Å²) in [7, 11) is 0. The lowest BCUT2D eigenvalue weighted by Crippen LogP contribution is -1.81. The van der Waals surface area contributed by atoms with Gasteiger partial charge in [-0.2, -0.15) is 0 Å². The molecule has 1 aromatic heterocycles. The van der Waals surface area contributed by atoms with Crippen LogP contribution in [-0.2, 0) is 0 Å². The molecule has 1 heterocycles. The molecule has 2 rings (SSSR count). The van der Waals surface area contributed by atoms with Gasteiger partial charge in [-0.15, -0.1) is 5.10 Å². The van der Waals surface area contributed by atoms with Crippen LogP contribution >= 0.6 is 23.2 Å². The Morgan fingerprint density at radius 1 is 1.12 bits per heavy atom. The molecule has 82 valence electrons. The standard InChI is InChI=1S/C10H7Cl2N3O/c11-7-3-1-6(5-8(7)12)2-4-9-14-15-10(13)16-9/h1-5H,(H2,13,15)/b4-2+.